The number of halogens is 1. The van der Waals surface area contributed by atoms with E-state index in [1.165, 1.54) is 12.0 Å². The first-order chi connectivity index (χ1) is 10.1. The smallest absolute Gasteiger partial charge is 0.154 e. The summed E-state index contributed by atoms with van der Waals surface area (Å²) in [6, 6.07) is 10.6. The highest BCUT2D eigenvalue weighted by Gasteiger charge is 2.29. The molecular formula is C17H21ClN2O. The first-order valence-electron chi connectivity index (χ1n) is 7.58. The average molecular weight is 305 g/mol. The van der Waals surface area contributed by atoms with Crippen molar-refractivity contribution < 1.29 is 4.52 Å². The van der Waals surface area contributed by atoms with Crippen LogP contribution in [0.4, 0.5) is 0 Å². The van der Waals surface area contributed by atoms with Crippen molar-refractivity contribution in [3.63, 3.8) is 0 Å². The van der Waals surface area contributed by atoms with Crippen LogP contribution < -0.4 is 0 Å². The van der Waals surface area contributed by atoms with Gasteiger partial charge < -0.3 is 4.52 Å². The first-order valence-corrected chi connectivity index (χ1v) is 7.96. The maximum Gasteiger partial charge on any atom is 0.154 e. The summed E-state index contributed by atoms with van der Waals surface area (Å²) in [5.41, 5.74) is 2.33. The molecule has 1 aliphatic heterocycles. The van der Waals surface area contributed by atoms with Gasteiger partial charge in [0.15, 0.2) is 5.76 Å². The van der Waals surface area contributed by atoms with Crippen LogP contribution >= 0.6 is 11.6 Å². The topological polar surface area (TPSA) is 29.3 Å². The summed E-state index contributed by atoms with van der Waals surface area (Å²) in [5, 5.41) is 4.98. The Bertz CT molecular complexity index is 591. The number of benzene rings is 1. The highest BCUT2D eigenvalue weighted by molar-refractivity contribution is 6.30. The zero-order chi connectivity index (χ0) is 14.8. The van der Waals surface area contributed by atoms with E-state index in [1.807, 2.05) is 12.1 Å². The van der Waals surface area contributed by atoms with Crippen LogP contribution in [0.15, 0.2) is 34.9 Å². The Hall–Kier alpha value is -1.32. The Kier molecular flexibility index (Phi) is 4.32. The van der Waals surface area contributed by atoms with E-state index in [1.54, 1.807) is 0 Å². The maximum absolute atomic E-state index is 5.95. The molecule has 1 saturated heterocycles. The number of aromatic nitrogens is 1. The number of nitrogens with zero attached hydrogens (tertiary/aromatic N) is 2. The Morgan fingerprint density at radius 3 is 2.76 bits per heavy atom. The van der Waals surface area contributed by atoms with Crippen LogP contribution in [0.25, 0.3) is 0 Å². The van der Waals surface area contributed by atoms with Crippen molar-refractivity contribution in [2.45, 2.75) is 45.2 Å². The summed E-state index contributed by atoms with van der Waals surface area (Å²) < 4.78 is 5.58. The average Bonchev–Trinajstić information content (AvgIpc) is 3.09. The fourth-order valence-corrected chi connectivity index (χ4v) is 3.02. The van der Waals surface area contributed by atoms with E-state index < -0.39 is 0 Å². The molecule has 0 radical (unpaired) electrons. The van der Waals surface area contributed by atoms with E-state index in [0.29, 0.717) is 12.0 Å². The van der Waals surface area contributed by atoms with Gasteiger partial charge in [0.1, 0.15) is 0 Å². The van der Waals surface area contributed by atoms with Crippen LogP contribution in [0.5, 0.6) is 0 Å². The maximum atomic E-state index is 5.95. The van der Waals surface area contributed by atoms with Gasteiger partial charge in [0.2, 0.25) is 0 Å². The lowest BCUT2D eigenvalue weighted by molar-refractivity contribution is 0.206. The van der Waals surface area contributed by atoms with E-state index in [4.69, 9.17) is 16.1 Å². The number of rotatable bonds is 4. The second kappa shape index (κ2) is 6.20. The molecule has 0 saturated carbocycles. The zero-order valence-corrected chi connectivity index (χ0v) is 13.3. The second-order valence-corrected chi connectivity index (χ2v) is 6.50. The minimum atomic E-state index is 0.348. The molecule has 0 bridgehead atoms. The van der Waals surface area contributed by atoms with Gasteiger partial charge in [-0.1, -0.05) is 42.7 Å². The third kappa shape index (κ3) is 3.30. The molecule has 1 aromatic carbocycles. The molecular weight excluding hydrogens is 284 g/mol. The van der Waals surface area contributed by atoms with Gasteiger partial charge in [0.25, 0.3) is 0 Å². The molecule has 3 rings (SSSR count). The molecule has 0 spiro atoms. The first kappa shape index (κ1) is 14.6. The van der Waals surface area contributed by atoms with Gasteiger partial charge in [0.05, 0.1) is 11.7 Å². The van der Waals surface area contributed by atoms with Crippen molar-refractivity contribution in [2.75, 3.05) is 6.54 Å². The van der Waals surface area contributed by atoms with Gasteiger partial charge in [-0.05, 0) is 43.0 Å². The lowest BCUT2D eigenvalue weighted by Crippen LogP contribution is -2.22. The van der Waals surface area contributed by atoms with Crippen LogP contribution in [0, 0.1) is 0 Å². The summed E-state index contributed by atoms with van der Waals surface area (Å²) >= 11 is 5.95. The fourth-order valence-electron chi connectivity index (χ4n) is 2.89. The molecule has 0 amide bonds. The molecule has 0 aliphatic carbocycles. The molecule has 1 atom stereocenters. The van der Waals surface area contributed by atoms with Crippen molar-refractivity contribution in [3.05, 3.63) is 52.4 Å². The highest BCUT2D eigenvalue weighted by atomic mass is 35.5. The van der Waals surface area contributed by atoms with Gasteiger partial charge in [-0.2, -0.15) is 0 Å². The molecule has 1 aliphatic rings. The summed E-state index contributed by atoms with van der Waals surface area (Å²) in [5.74, 6) is 1.42. The lowest BCUT2D eigenvalue weighted by atomic mass is 10.1. The highest BCUT2D eigenvalue weighted by Crippen LogP contribution is 2.34. The summed E-state index contributed by atoms with van der Waals surface area (Å²) in [6.07, 6.45) is 2.34. The molecule has 4 heteroatoms. The predicted molar refractivity (Wildman–Crippen MR) is 84.4 cm³/mol. The van der Waals surface area contributed by atoms with Crippen molar-refractivity contribution in [2.24, 2.45) is 0 Å². The molecule has 0 N–H and O–H groups in total. The zero-order valence-electron chi connectivity index (χ0n) is 12.6. The standard InChI is InChI=1S/C17H21ClN2O/c1-12(2)15-10-17(21-19-15)16-4-3-9-20(16)11-13-5-7-14(18)8-6-13/h5-8,10,12,16H,3-4,9,11H2,1-2H3/t16-/m1/s1. The minimum absolute atomic E-state index is 0.348. The molecule has 2 heterocycles. The minimum Gasteiger partial charge on any atom is -0.359 e. The van der Waals surface area contributed by atoms with Crippen LogP contribution in [0.2, 0.25) is 5.02 Å². The number of hydrogen-bond acceptors (Lipinski definition) is 3. The van der Waals surface area contributed by atoms with Crippen molar-refractivity contribution in [3.8, 4) is 0 Å². The fraction of sp³-hybridized carbons (Fsp3) is 0.471. The van der Waals surface area contributed by atoms with E-state index >= 15 is 0 Å². The molecule has 21 heavy (non-hydrogen) atoms. The Balaban J connectivity index is 1.74. The SMILES string of the molecule is CC(C)c1cc([C@H]2CCCN2Cc2ccc(Cl)cc2)on1. The Labute approximate surface area is 130 Å². The molecule has 1 aromatic heterocycles. The van der Waals surface area contributed by atoms with E-state index in [-0.39, 0.29) is 0 Å². The monoisotopic (exact) mass is 304 g/mol. The van der Waals surface area contributed by atoms with Crippen LogP contribution in [0.3, 0.4) is 0 Å². The lowest BCUT2D eigenvalue weighted by Gasteiger charge is -2.22. The molecule has 0 unspecified atom stereocenters. The Morgan fingerprint density at radius 1 is 1.33 bits per heavy atom. The van der Waals surface area contributed by atoms with Gasteiger partial charge in [0, 0.05) is 17.6 Å². The number of hydrogen-bond donors (Lipinski definition) is 0. The third-order valence-corrected chi connectivity index (χ3v) is 4.38. The van der Waals surface area contributed by atoms with Crippen molar-refractivity contribution in [1.29, 1.82) is 0 Å². The molecule has 1 fully saturated rings. The van der Waals surface area contributed by atoms with E-state index in [2.05, 4.69) is 42.1 Å². The van der Waals surface area contributed by atoms with Gasteiger partial charge in [-0.3, -0.25) is 4.90 Å². The molecule has 112 valence electrons. The third-order valence-electron chi connectivity index (χ3n) is 4.13. The molecule has 2 aromatic rings. The quantitative estimate of drug-likeness (QED) is 0.813. The van der Waals surface area contributed by atoms with Crippen LogP contribution in [-0.2, 0) is 6.54 Å². The predicted octanol–water partition coefficient (Wildman–Crippen LogP) is 4.79. The van der Waals surface area contributed by atoms with Crippen LogP contribution in [-0.4, -0.2) is 16.6 Å². The van der Waals surface area contributed by atoms with Crippen LogP contribution in [0.1, 0.15) is 55.7 Å². The van der Waals surface area contributed by atoms with Gasteiger partial charge in [-0.15, -0.1) is 0 Å². The van der Waals surface area contributed by atoms with Crippen molar-refractivity contribution in [1.82, 2.24) is 10.1 Å². The second-order valence-electron chi connectivity index (χ2n) is 6.06. The van der Waals surface area contributed by atoms with E-state index in [0.717, 1.165) is 36.0 Å². The molecule has 3 nitrogen and oxygen atoms in total. The summed E-state index contributed by atoms with van der Waals surface area (Å²) in [7, 11) is 0. The van der Waals surface area contributed by atoms with Crippen molar-refractivity contribution >= 4 is 11.6 Å². The van der Waals surface area contributed by atoms with E-state index in [9.17, 15) is 0 Å². The normalized spacial score (nSPS) is 19.5. The Morgan fingerprint density at radius 2 is 2.10 bits per heavy atom. The van der Waals surface area contributed by atoms with Gasteiger partial charge in [-0.25, -0.2) is 0 Å². The summed E-state index contributed by atoms with van der Waals surface area (Å²) in [6.45, 7) is 6.31. The largest absolute Gasteiger partial charge is 0.359 e. The summed E-state index contributed by atoms with van der Waals surface area (Å²) in [4.78, 5) is 2.47. The number of likely N-dealkylation sites (tertiary alicyclic amines) is 1. The van der Waals surface area contributed by atoms with Gasteiger partial charge >= 0.3 is 0 Å².